The maximum atomic E-state index is 12.6. The second-order valence-corrected chi connectivity index (χ2v) is 6.93. The quantitative estimate of drug-likeness (QED) is 0.568. The molecule has 0 saturated heterocycles. The Morgan fingerprint density at radius 2 is 1.87 bits per heavy atom. The van der Waals surface area contributed by atoms with Crippen LogP contribution >= 0.6 is 0 Å². The van der Waals surface area contributed by atoms with E-state index < -0.39 is 11.2 Å². The third kappa shape index (κ3) is 3.19. The number of aromatic amines is 1. The monoisotopic (exact) mass is 331 g/mol. The Labute approximate surface area is 138 Å². The lowest BCUT2D eigenvalue weighted by Gasteiger charge is -2.15. The van der Waals surface area contributed by atoms with Gasteiger partial charge in [0.15, 0.2) is 0 Å². The van der Waals surface area contributed by atoms with E-state index >= 15 is 0 Å². The van der Waals surface area contributed by atoms with Crippen LogP contribution in [0.15, 0.2) is 35.5 Å². The van der Waals surface area contributed by atoms with Gasteiger partial charge >= 0.3 is 5.16 Å². The van der Waals surface area contributed by atoms with Gasteiger partial charge in [0.1, 0.15) is 5.75 Å². The van der Waals surface area contributed by atoms with E-state index in [0.29, 0.717) is 16.6 Å². The topological polar surface area (TPSA) is 109 Å². The van der Waals surface area contributed by atoms with Crippen molar-refractivity contribution in [1.82, 2.24) is 9.97 Å². The third-order valence-electron chi connectivity index (χ3n) is 4.19. The summed E-state index contributed by atoms with van der Waals surface area (Å²) in [6.07, 6.45) is 0. The number of nitrogen functional groups attached to an aromatic ring is 1. The van der Waals surface area contributed by atoms with Gasteiger partial charge < -0.3 is 15.8 Å². The van der Waals surface area contributed by atoms with Crippen molar-refractivity contribution in [2.75, 3.05) is 5.73 Å². The predicted octanol–water partition coefficient (Wildman–Crippen LogP) is 2.55. The zero-order chi connectivity index (χ0) is 15.9. The molecule has 0 saturated carbocycles. The van der Waals surface area contributed by atoms with Gasteiger partial charge in [0, 0.05) is 22.4 Å². The van der Waals surface area contributed by atoms with E-state index in [1.165, 1.54) is 5.56 Å². The summed E-state index contributed by atoms with van der Waals surface area (Å²) >= 11 is -1.25. The van der Waals surface area contributed by atoms with Crippen LogP contribution in [0.2, 0.25) is 0 Å². The summed E-state index contributed by atoms with van der Waals surface area (Å²) in [5, 5.41) is 0.498. The first-order valence-corrected chi connectivity index (χ1v) is 8.47. The third-order valence-corrected chi connectivity index (χ3v) is 5.36. The van der Waals surface area contributed by atoms with Gasteiger partial charge in [-0.3, -0.25) is 4.98 Å². The number of aryl methyl sites for hydroxylation is 1. The summed E-state index contributed by atoms with van der Waals surface area (Å²) in [5.41, 5.74) is 13.0. The molecule has 2 aromatic carbocycles. The summed E-state index contributed by atoms with van der Waals surface area (Å²) in [7, 11) is 0. The van der Waals surface area contributed by atoms with Crippen molar-refractivity contribution in [3.8, 4) is 0 Å². The van der Waals surface area contributed by atoms with Gasteiger partial charge in [0.05, 0.1) is 11.0 Å². The maximum absolute atomic E-state index is 12.6. The lowest BCUT2D eigenvalue weighted by atomic mass is 9.98. The number of nitrogens with two attached hydrogens (primary N) is 1. The first-order chi connectivity index (χ1) is 10.5. The SMILES string of the molecule is Cc1cc(N)c(C[S+]([O-])c2nc3ccccc3[nH]2)c(C)c1C.O. The Kier molecular flexibility index (Phi) is 4.99. The highest BCUT2D eigenvalue weighted by molar-refractivity contribution is 7.90. The van der Waals surface area contributed by atoms with Crippen molar-refractivity contribution >= 4 is 27.9 Å². The maximum Gasteiger partial charge on any atom is 0.321 e. The van der Waals surface area contributed by atoms with Crippen molar-refractivity contribution in [2.24, 2.45) is 0 Å². The number of rotatable bonds is 3. The molecule has 1 atom stereocenters. The molecule has 122 valence electrons. The lowest BCUT2D eigenvalue weighted by molar-refractivity contribution is 0.587. The smallest absolute Gasteiger partial charge is 0.321 e. The molecular formula is C17H21N3O2S. The molecule has 0 aliphatic heterocycles. The zero-order valence-corrected chi connectivity index (χ0v) is 14.3. The second-order valence-electron chi connectivity index (χ2n) is 5.56. The first kappa shape index (κ1) is 17.3. The van der Waals surface area contributed by atoms with Crippen molar-refractivity contribution in [3.05, 3.63) is 52.6 Å². The van der Waals surface area contributed by atoms with E-state index in [1.54, 1.807) is 0 Å². The van der Waals surface area contributed by atoms with Gasteiger partial charge in [-0.25, -0.2) is 0 Å². The molecule has 0 amide bonds. The van der Waals surface area contributed by atoms with Gasteiger partial charge in [-0.1, -0.05) is 12.1 Å². The van der Waals surface area contributed by atoms with Gasteiger partial charge in [-0.05, 0) is 55.7 Å². The number of nitrogens with zero attached hydrogens (tertiary/aromatic N) is 1. The molecule has 0 aliphatic rings. The van der Waals surface area contributed by atoms with Crippen molar-refractivity contribution in [2.45, 2.75) is 31.7 Å². The van der Waals surface area contributed by atoms with Crippen LogP contribution in [0.1, 0.15) is 22.3 Å². The summed E-state index contributed by atoms with van der Waals surface area (Å²) in [4.78, 5) is 7.54. The van der Waals surface area contributed by atoms with E-state index in [1.807, 2.05) is 44.2 Å². The molecule has 0 radical (unpaired) electrons. The Bertz CT molecular complexity index is 812. The first-order valence-electron chi connectivity index (χ1n) is 7.15. The molecule has 0 fully saturated rings. The molecule has 3 aromatic rings. The summed E-state index contributed by atoms with van der Waals surface area (Å²) in [5.74, 6) is 0.374. The van der Waals surface area contributed by atoms with Gasteiger partial charge in [-0.2, -0.15) is 4.98 Å². The van der Waals surface area contributed by atoms with Crippen LogP contribution in [0.4, 0.5) is 5.69 Å². The number of hydrogen-bond donors (Lipinski definition) is 2. The van der Waals surface area contributed by atoms with E-state index in [2.05, 4.69) is 16.9 Å². The van der Waals surface area contributed by atoms with Crippen LogP contribution in [0.3, 0.4) is 0 Å². The number of benzene rings is 2. The Balaban J connectivity index is 0.00000192. The highest BCUT2D eigenvalue weighted by Gasteiger charge is 2.20. The van der Waals surface area contributed by atoms with Crippen molar-refractivity contribution < 1.29 is 10.0 Å². The van der Waals surface area contributed by atoms with Crippen molar-refractivity contribution in [1.29, 1.82) is 0 Å². The zero-order valence-electron chi connectivity index (χ0n) is 13.4. The van der Waals surface area contributed by atoms with Gasteiger partial charge in [0.2, 0.25) is 0 Å². The lowest BCUT2D eigenvalue weighted by Crippen LogP contribution is -2.11. The predicted molar refractivity (Wildman–Crippen MR) is 94.9 cm³/mol. The number of aromatic nitrogens is 2. The number of anilines is 1. The Hall–Kier alpha value is -2.02. The summed E-state index contributed by atoms with van der Waals surface area (Å²) in [6, 6.07) is 9.63. The number of nitrogens with one attached hydrogen (secondary N) is 1. The molecule has 1 aromatic heterocycles. The number of para-hydroxylation sites is 2. The fourth-order valence-electron chi connectivity index (χ4n) is 2.60. The molecule has 5 N–H and O–H groups in total. The van der Waals surface area contributed by atoms with Gasteiger partial charge in [0.25, 0.3) is 0 Å². The second kappa shape index (κ2) is 6.62. The van der Waals surface area contributed by atoms with E-state index in [-0.39, 0.29) is 5.48 Å². The van der Waals surface area contributed by atoms with Crippen LogP contribution in [0.5, 0.6) is 0 Å². The molecule has 1 unspecified atom stereocenters. The highest BCUT2D eigenvalue weighted by atomic mass is 32.2. The van der Waals surface area contributed by atoms with E-state index in [4.69, 9.17) is 5.73 Å². The number of hydrogen-bond acceptors (Lipinski definition) is 3. The van der Waals surface area contributed by atoms with Crippen molar-refractivity contribution in [3.63, 3.8) is 0 Å². The molecule has 0 aliphatic carbocycles. The average molecular weight is 331 g/mol. The molecule has 5 nitrogen and oxygen atoms in total. The fourth-order valence-corrected chi connectivity index (χ4v) is 3.80. The molecular weight excluding hydrogens is 310 g/mol. The minimum absolute atomic E-state index is 0. The molecule has 0 spiro atoms. The number of H-pyrrole nitrogens is 1. The fraction of sp³-hybridized carbons (Fsp3) is 0.235. The van der Waals surface area contributed by atoms with E-state index in [0.717, 1.165) is 27.7 Å². The Morgan fingerprint density at radius 1 is 1.17 bits per heavy atom. The Morgan fingerprint density at radius 3 is 2.57 bits per heavy atom. The van der Waals surface area contributed by atoms with Crippen LogP contribution in [-0.4, -0.2) is 20.0 Å². The number of fused-ring (bicyclic) bond motifs is 1. The van der Waals surface area contributed by atoms with Crippen LogP contribution < -0.4 is 5.73 Å². The molecule has 0 bridgehead atoms. The minimum atomic E-state index is -1.25. The summed E-state index contributed by atoms with van der Waals surface area (Å²) in [6.45, 7) is 6.14. The standard InChI is InChI=1S/C17H19N3OS.H2O/c1-10-8-14(18)13(12(3)11(10)2)9-22(21)17-19-15-6-4-5-7-16(15)20-17;/h4-8H,9,18H2,1-3H3,(H,19,20);1H2. The molecule has 23 heavy (non-hydrogen) atoms. The summed E-state index contributed by atoms with van der Waals surface area (Å²) < 4.78 is 12.6. The number of imidazole rings is 1. The average Bonchev–Trinajstić information content (AvgIpc) is 2.93. The molecule has 6 heteroatoms. The molecule has 1 heterocycles. The van der Waals surface area contributed by atoms with Crippen LogP contribution in [-0.2, 0) is 16.9 Å². The molecule has 3 rings (SSSR count). The van der Waals surface area contributed by atoms with Crippen LogP contribution in [0, 0.1) is 20.8 Å². The van der Waals surface area contributed by atoms with Crippen LogP contribution in [0.25, 0.3) is 11.0 Å². The van der Waals surface area contributed by atoms with Gasteiger partial charge in [-0.15, -0.1) is 0 Å². The minimum Gasteiger partial charge on any atom is -0.609 e. The highest BCUT2D eigenvalue weighted by Crippen LogP contribution is 2.27. The largest absolute Gasteiger partial charge is 0.609 e. The normalized spacial score (nSPS) is 12.2. The van der Waals surface area contributed by atoms with E-state index in [9.17, 15) is 4.55 Å².